The smallest absolute Gasteiger partial charge is 0.353 e. The maximum atomic E-state index is 12.8. The van der Waals surface area contributed by atoms with Crippen molar-refractivity contribution in [3.63, 3.8) is 0 Å². The highest BCUT2D eigenvalue weighted by atomic mass is 127. The van der Waals surface area contributed by atoms with Gasteiger partial charge in [-0.3, -0.25) is 9.59 Å². The first kappa shape index (κ1) is 26.5. The van der Waals surface area contributed by atoms with Gasteiger partial charge in [0.25, 0.3) is 5.91 Å². The number of nitrogens with one attached hydrogen (secondary N) is 1. The number of hydrogen-bond donors (Lipinski definition) is 2. The fraction of sp³-hybridized carbons (Fsp3) is 0.381. The Morgan fingerprint density at radius 1 is 1.32 bits per heavy atom. The fourth-order valence-electron chi connectivity index (χ4n) is 4.25. The Balaban J connectivity index is 0.00000324. The van der Waals surface area contributed by atoms with Crippen molar-refractivity contribution in [3.05, 3.63) is 40.5 Å². The summed E-state index contributed by atoms with van der Waals surface area (Å²) in [4.78, 5) is 42.5. The summed E-state index contributed by atoms with van der Waals surface area (Å²) in [5, 5.41) is 13.9. The molecule has 2 aromatic heterocycles. The van der Waals surface area contributed by atoms with Crippen molar-refractivity contribution in [1.29, 1.82) is 0 Å². The van der Waals surface area contributed by atoms with Crippen LogP contribution in [0.1, 0.15) is 13.8 Å². The summed E-state index contributed by atoms with van der Waals surface area (Å²) in [5.74, 6) is -4.34. The van der Waals surface area contributed by atoms with Crippen LogP contribution in [0.25, 0.3) is 11.3 Å². The molecule has 2 aliphatic heterocycles. The summed E-state index contributed by atoms with van der Waals surface area (Å²) in [5.41, 5.74) is 1.56. The number of carbonyl (C=O) groups excluding carboxylic acids is 2. The van der Waals surface area contributed by atoms with E-state index < -0.39 is 42.2 Å². The molecule has 13 heteroatoms. The molecule has 1 fully saturated rings. The van der Waals surface area contributed by atoms with Gasteiger partial charge in [0.15, 0.2) is 16.7 Å². The second kappa shape index (κ2) is 10.2. The molecular formula is C21H21F2IN4O4S2. The first-order chi connectivity index (χ1) is 15.6. The zero-order valence-corrected chi connectivity index (χ0v) is 22.0. The van der Waals surface area contributed by atoms with Crippen LogP contribution in [0.15, 0.2) is 44.8 Å². The van der Waals surface area contributed by atoms with E-state index in [2.05, 4.69) is 10.3 Å². The number of alkyl halides is 2. The van der Waals surface area contributed by atoms with Gasteiger partial charge in [0.1, 0.15) is 12.7 Å². The Hall–Kier alpha value is -2.13. The lowest BCUT2D eigenvalue weighted by Crippen LogP contribution is -3.00. The molecule has 2 aliphatic rings. The molecule has 0 saturated carbocycles. The van der Waals surface area contributed by atoms with E-state index in [1.54, 1.807) is 6.92 Å². The van der Waals surface area contributed by atoms with Gasteiger partial charge in [0, 0.05) is 39.9 Å². The number of aromatic nitrogens is 2. The largest absolute Gasteiger partial charge is 1.00 e. The number of amides is 2. The van der Waals surface area contributed by atoms with Crippen molar-refractivity contribution in [1.82, 2.24) is 15.2 Å². The van der Waals surface area contributed by atoms with Crippen LogP contribution < -0.4 is 33.9 Å². The number of thioether (sulfide) groups is 1. The number of aryl methyl sites for hydroxylation is 1. The number of halogens is 3. The van der Waals surface area contributed by atoms with Crippen molar-refractivity contribution in [2.45, 2.75) is 36.7 Å². The lowest BCUT2D eigenvalue weighted by molar-refractivity contribution is -0.671. The predicted molar refractivity (Wildman–Crippen MR) is 116 cm³/mol. The van der Waals surface area contributed by atoms with Gasteiger partial charge < -0.3 is 39.3 Å². The van der Waals surface area contributed by atoms with E-state index in [1.165, 1.54) is 34.9 Å². The first-order valence-electron chi connectivity index (χ1n) is 10.1. The number of hydrogen-bond acceptors (Lipinski definition) is 6. The van der Waals surface area contributed by atoms with Crippen LogP contribution in [0.4, 0.5) is 8.78 Å². The van der Waals surface area contributed by atoms with Crippen molar-refractivity contribution in [2.75, 3.05) is 0 Å². The fourth-order valence-corrected chi connectivity index (χ4v) is 6.35. The maximum Gasteiger partial charge on any atom is 0.353 e. The molecule has 4 heterocycles. The molecule has 0 radical (unpaired) electrons. The van der Waals surface area contributed by atoms with Crippen LogP contribution in [-0.4, -0.2) is 51.3 Å². The van der Waals surface area contributed by atoms with Crippen molar-refractivity contribution >= 4 is 40.9 Å². The minimum atomic E-state index is -3.19. The van der Waals surface area contributed by atoms with Gasteiger partial charge in [-0.25, -0.2) is 14.3 Å². The molecule has 0 aromatic carbocycles. The molecule has 4 atom stereocenters. The number of pyridine rings is 1. The van der Waals surface area contributed by atoms with Gasteiger partial charge in [0.2, 0.25) is 5.91 Å². The summed E-state index contributed by atoms with van der Waals surface area (Å²) >= 11 is 2.56. The van der Waals surface area contributed by atoms with Crippen LogP contribution >= 0.6 is 23.1 Å². The topological polar surface area (TPSA) is 103 Å². The van der Waals surface area contributed by atoms with Crippen LogP contribution in [0.2, 0.25) is 0 Å². The summed E-state index contributed by atoms with van der Waals surface area (Å²) in [6.45, 7) is 3.27. The minimum Gasteiger partial charge on any atom is -1.00 e. The Bertz CT molecular complexity index is 1160. The Morgan fingerprint density at radius 2 is 1.97 bits per heavy atom. The molecule has 0 aliphatic carbocycles. The van der Waals surface area contributed by atoms with Crippen LogP contribution in [0.3, 0.4) is 0 Å². The number of thiazole rings is 1. The molecule has 0 spiro atoms. The quantitative estimate of drug-likeness (QED) is 0.240. The number of carboxylic acid groups (broad SMARTS) is 1. The monoisotopic (exact) mass is 622 g/mol. The summed E-state index contributed by atoms with van der Waals surface area (Å²) < 4.78 is 27.8. The van der Waals surface area contributed by atoms with E-state index in [4.69, 9.17) is 0 Å². The molecule has 182 valence electrons. The van der Waals surface area contributed by atoms with Crippen LogP contribution in [0, 0.1) is 11.8 Å². The molecule has 2 amide bonds. The lowest BCUT2D eigenvalue weighted by Gasteiger charge is -2.47. The molecule has 8 nitrogen and oxygen atoms in total. The minimum absolute atomic E-state index is 0. The van der Waals surface area contributed by atoms with Gasteiger partial charge in [-0.2, -0.15) is 8.78 Å². The zero-order valence-electron chi connectivity index (χ0n) is 18.2. The number of β-lactam (4-membered cyclic amide) rings is 1. The van der Waals surface area contributed by atoms with Gasteiger partial charge in [-0.05, 0) is 6.92 Å². The normalized spacial score (nSPS) is 22.2. The molecule has 34 heavy (non-hydrogen) atoms. The lowest BCUT2D eigenvalue weighted by atomic mass is 9.78. The second-order valence-electron chi connectivity index (χ2n) is 7.98. The number of nitrogens with zero attached hydrogens (tertiary/aromatic N) is 3. The molecule has 4 rings (SSSR count). The van der Waals surface area contributed by atoms with Crippen molar-refractivity contribution < 1.29 is 56.8 Å². The number of carbonyl (C=O) groups is 3. The summed E-state index contributed by atoms with van der Waals surface area (Å²) in [6, 6.07) is 2.46. The third-order valence-electron chi connectivity index (χ3n) is 5.85. The van der Waals surface area contributed by atoms with Crippen molar-refractivity contribution in [3.8, 4) is 11.3 Å². The third-order valence-corrected chi connectivity index (χ3v) is 8.08. The Labute approximate surface area is 219 Å². The van der Waals surface area contributed by atoms with Crippen LogP contribution in [-0.2, 0) is 21.4 Å². The first-order valence-corrected chi connectivity index (χ1v) is 11.8. The molecule has 1 saturated heterocycles. The number of carboxylic acids is 1. The number of fused-ring (bicyclic) bond motifs is 1. The summed E-state index contributed by atoms with van der Waals surface area (Å²) in [6.07, 6.45) is 0.608. The zero-order chi connectivity index (χ0) is 24.0. The highest BCUT2D eigenvalue weighted by Crippen LogP contribution is 2.52. The number of aliphatic carboxylic acids is 1. The molecule has 1 unspecified atom stereocenters. The van der Waals surface area contributed by atoms with Gasteiger partial charge in [-0.1, -0.05) is 18.7 Å². The van der Waals surface area contributed by atoms with Gasteiger partial charge in [-0.15, -0.1) is 11.3 Å². The Morgan fingerprint density at radius 3 is 2.56 bits per heavy atom. The van der Waals surface area contributed by atoms with E-state index >= 15 is 0 Å². The van der Waals surface area contributed by atoms with E-state index in [0.717, 1.165) is 11.3 Å². The average molecular weight is 622 g/mol. The van der Waals surface area contributed by atoms with E-state index in [0.29, 0.717) is 9.24 Å². The molecule has 2 N–H and O–H groups in total. The summed E-state index contributed by atoms with van der Waals surface area (Å²) in [7, 11) is 1.91. The highest BCUT2D eigenvalue weighted by molar-refractivity contribution is 8.04. The third kappa shape index (κ3) is 4.69. The maximum absolute atomic E-state index is 12.8. The molecule has 2 aromatic rings. The molecular weight excluding hydrogens is 601 g/mol. The van der Waals surface area contributed by atoms with Crippen molar-refractivity contribution in [2.24, 2.45) is 18.9 Å². The average Bonchev–Trinajstić information content (AvgIpc) is 3.31. The van der Waals surface area contributed by atoms with Crippen LogP contribution in [0.5, 0.6) is 0 Å². The predicted octanol–water partition coefficient (Wildman–Crippen LogP) is -0.727. The van der Waals surface area contributed by atoms with E-state index in [9.17, 15) is 28.3 Å². The highest BCUT2D eigenvalue weighted by Gasteiger charge is 2.60. The Kier molecular flexibility index (Phi) is 7.97. The SMILES string of the molecule is CC(NC(=O)C(F)F)[C@H]1C(=O)N2C(C(=O)O)=C(Sc3nc(-c4cc[n+](C)cc4)cs3)[C@H](C)[C@H]12.[I-]. The standard InChI is InChI=1S/C21H20F2N4O4S2.HI/c1-9-14-13(10(2)24-18(28)17(22)23)19(29)27(14)15(20(30)31)16(9)33-21-25-12(8-32-21)11-4-6-26(3)7-5-11;/h4-10,13-14,17H,1-3H3,(H-,24,28,30,31);1H/t9-,10?,13-,14-;/m1./s1. The second-order valence-corrected chi connectivity index (χ2v) is 10.1. The number of rotatable bonds is 7. The van der Waals surface area contributed by atoms with E-state index in [1.807, 2.05) is 41.5 Å². The van der Waals surface area contributed by atoms with Gasteiger partial charge >= 0.3 is 12.4 Å². The molecule has 0 bridgehead atoms. The van der Waals surface area contributed by atoms with E-state index in [-0.39, 0.29) is 35.6 Å². The van der Waals surface area contributed by atoms with Gasteiger partial charge in [0.05, 0.1) is 17.7 Å².